The van der Waals surface area contributed by atoms with E-state index in [9.17, 15) is 9.18 Å². The van der Waals surface area contributed by atoms with Gasteiger partial charge in [-0.15, -0.1) is 0 Å². The van der Waals surface area contributed by atoms with Gasteiger partial charge in [-0.25, -0.2) is 14.5 Å². The summed E-state index contributed by atoms with van der Waals surface area (Å²) in [6.45, 7) is 2.28. The number of anilines is 1. The molecule has 0 aromatic carbocycles. The number of pyridine rings is 1. The van der Waals surface area contributed by atoms with Crippen LogP contribution in [0.1, 0.15) is 22.8 Å². The summed E-state index contributed by atoms with van der Waals surface area (Å²) >= 11 is 0. The van der Waals surface area contributed by atoms with E-state index in [-0.39, 0.29) is 18.0 Å². The molecule has 0 aliphatic rings. The van der Waals surface area contributed by atoms with Gasteiger partial charge in [-0.05, 0) is 18.6 Å². The van der Waals surface area contributed by atoms with Gasteiger partial charge in [0.25, 0.3) is 0 Å². The van der Waals surface area contributed by atoms with Crippen molar-refractivity contribution in [1.82, 2.24) is 14.8 Å². The molecular formula is C12H13FN4O2. The van der Waals surface area contributed by atoms with E-state index in [0.29, 0.717) is 6.54 Å². The second-order valence-electron chi connectivity index (χ2n) is 3.81. The third-order valence-corrected chi connectivity index (χ3v) is 2.50. The molecule has 6 nitrogen and oxygen atoms in total. The second kappa shape index (κ2) is 5.47. The van der Waals surface area contributed by atoms with Gasteiger partial charge in [-0.1, -0.05) is 6.07 Å². The highest BCUT2D eigenvalue weighted by atomic mass is 19.1. The molecule has 0 radical (unpaired) electrons. The first kappa shape index (κ1) is 13.0. The Labute approximate surface area is 109 Å². The quantitative estimate of drug-likeness (QED) is 0.663. The van der Waals surface area contributed by atoms with Gasteiger partial charge in [-0.3, -0.25) is 0 Å². The van der Waals surface area contributed by atoms with E-state index < -0.39 is 11.9 Å². The highest BCUT2D eigenvalue weighted by Crippen LogP contribution is 2.14. The minimum absolute atomic E-state index is 0.211. The maximum absolute atomic E-state index is 12.7. The molecule has 100 valence electrons. The summed E-state index contributed by atoms with van der Waals surface area (Å²) in [6, 6.07) is 2.83. The summed E-state index contributed by atoms with van der Waals surface area (Å²) in [6.07, 6.45) is 2.74. The van der Waals surface area contributed by atoms with E-state index in [2.05, 4.69) is 10.1 Å². The Hall–Kier alpha value is -2.44. The van der Waals surface area contributed by atoms with Crippen LogP contribution in [0.5, 0.6) is 0 Å². The lowest BCUT2D eigenvalue weighted by Gasteiger charge is -2.05. The zero-order valence-corrected chi connectivity index (χ0v) is 10.3. The maximum Gasteiger partial charge on any atom is 0.343 e. The number of hydrogen-bond acceptors (Lipinski definition) is 5. The summed E-state index contributed by atoms with van der Waals surface area (Å²) < 4.78 is 19.0. The summed E-state index contributed by atoms with van der Waals surface area (Å²) in [5.74, 6) is -0.851. The van der Waals surface area contributed by atoms with Gasteiger partial charge in [0.05, 0.1) is 19.3 Å². The Balaban J connectivity index is 2.18. The van der Waals surface area contributed by atoms with E-state index in [0.717, 1.165) is 5.56 Å². The highest BCUT2D eigenvalue weighted by Gasteiger charge is 2.16. The van der Waals surface area contributed by atoms with Crippen molar-refractivity contribution >= 4 is 11.8 Å². The van der Waals surface area contributed by atoms with E-state index in [1.54, 1.807) is 13.0 Å². The molecule has 2 aromatic heterocycles. The minimum atomic E-state index is -0.551. The number of esters is 1. The molecule has 0 saturated heterocycles. The zero-order valence-electron chi connectivity index (χ0n) is 10.3. The van der Waals surface area contributed by atoms with Crippen LogP contribution in [0, 0.1) is 5.95 Å². The van der Waals surface area contributed by atoms with Crippen molar-refractivity contribution in [2.45, 2.75) is 13.5 Å². The maximum atomic E-state index is 12.7. The molecule has 2 heterocycles. The van der Waals surface area contributed by atoms with E-state index >= 15 is 0 Å². The molecule has 0 spiro atoms. The van der Waals surface area contributed by atoms with E-state index in [1.807, 2.05) is 0 Å². The van der Waals surface area contributed by atoms with Crippen LogP contribution in [-0.4, -0.2) is 27.3 Å². The summed E-state index contributed by atoms with van der Waals surface area (Å²) in [5.41, 5.74) is 6.77. The van der Waals surface area contributed by atoms with Crippen molar-refractivity contribution in [3.05, 3.63) is 41.6 Å². The Kier molecular flexibility index (Phi) is 3.74. The Bertz CT molecular complexity index is 580. The van der Waals surface area contributed by atoms with Gasteiger partial charge in [-0.2, -0.15) is 9.49 Å². The smallest absolute Gasteiger partial charge is 0.343 e. The number of nitrogens with zero attached hydrogens (tertiary/aromatic N) is 3. The largest absolute Gasteiger partial charge is 0.462 e. The average molecular weight is 264 g/mol. The second-order valence-corrected chi connectivity index (χ2v) is 3.81. The zero-order chi connectivity index (χ0) is 13.8. The molecule has 2 N–H and O–H groups in total. The van der Waals surface area contributed by atoms with Crippen LogP contribution in [0.15, 0.2) is 24.5 Å². The summed E-state index contributed by atoms with van der Waals surface area (Å²) in [5, 5.41) is 4.01. The highest BCUT2D eigenvalue weighted by molar-refractivity contribution is 5.93. The third-order valence-electron chi connectivity index (χ3n) is 2.50. The van der Waals surface area contributed by atoms with Gasteiger partial charge in [0.1, 0.15) is 11.4 Å². The van der Waals surface area contributed by atoms with Crippen molar-refractivity contribution < 1.29 is 13.9 Å². The molecule has 19 heavy (non-hydrogen) atoms. The van der Waals surface area contributed by atoms with Crippen molar-refractivity contribution in [2.24, 2.45) is 0 Å². The Morgan fingerprint density at radius 2 is 2.26 bits per heavy atom. The number of carbonyl (C=O) groups is 1. The molecule has 0 bridgehead atoms. The lowest BCUT2D eigenvalue weighted by molar-refractivity contribution is 0.0527. The topological polar surface area (TPSA) is 83.0 Å². The molecule has 0 saturated carbocycles. The number of aromatic nitrogens is 3. The van der Waals surface area contributed by atoms with Crippen LogP contribution in [0.4, 0.5) is 10.2 Å². The predicted molar refractivity (Wildman–Crippen MR) is 65.9 cm³/mol. The lowest BCUT2D eigenvalue weighted by atomic mass is 10.3. The number of nitrogens with two attached hydrogens (primary N) is 1. The van der Waals surface area contributed by atoms with Gasteiger partial charge in [0, 0.05) is 6.20 Å². The summed E-state index contributed by atoms with van der Waals surface area (Å²) in [7, 11) is 0. The van der Waals surface area contributed by atoms with Crippen LogP contribution in [-0.2, 0) is 11.3 Å². The fraction of sp³-hybridized carbons (Fsp3) is 0.250. The molecule has 0 aliphatic heterocycles. The van der Waals surface area contributed by atoms with Gasteiger partial charge in [0.15, 0.2) is 0 Å². The summed E-state index contributed by atoms with van der Waals surface area (Å²) in [4.78, 5) is 15.1. The number of ether oxygens (including phenoxy) is 1. The number of hydrogen-bond donors (Lipinski definition) is 1. The van der Waals surface area contributed by atoms with Crippen molar-refractivity contribution in [2.75, 3.05) is 12.3 Å². The fourth-order valence-electron chi connectivity index (χ4n) is 1.56. The van der Waals surface area contributed by atoms with E-state index in [4.69, 9.17) is 10.5 Å². The van der Waals surface area contributed by atoms with Crippen LogP contribution >= 0.6 is 0 Å². The normalized spacial score (nSPS) is 10.4. The predicted octanol–water partition coefficient (Wildman–Crippen LogP) is 1.22. The molecule has 0 atom stereocenters. The minimum Gasteiger partial charge on any atom is -0.462 e. The van der Waals surface area contributed by atoms with Crippen molar-refractivity contribution in [1.29, 1.82) is 0 Å². The average Bonchev–Trinajstić information content (AvgIpc) is 2.74. The molecule has 7 heteroatoms. The van der Waals surface area contributed by atoms with Crippen molar-refractivity contribution in [3.8, 4) is 0 Å². The number of halogens is 1. The van der Waals surface area contributed by atoms with Crippen molar-refractivity contribution in [3.63, 3.8) is 0 Å². The Morgan fingerprint density at radius 3 is 2.89 bits per heavy atom. The molecule has 0 fully saturated rings. The first-order valence-electron chi connectivity index (χ1n) is 5.70. The molecule has 2 rings (SSSR count). The first-order valence-corrected chi connectivity index (χ1v) is 5.70. The van der Waals surface area contributed by atoms with Gasteiger partial charge < -0.3 is 10.5 Å². The third kappa shape index (κ3) is 2.87. The van der Waals surface area contributed by atoms with Gasteiger partial charge >= 0.3 is 5.97 Å². The number of carbonyl (C=O) groups excluding carboxylic acids is 1. The number of nitrogen functional groups attached to an aromatic ring is 1. The van der Waals surface area contributed by atoms with Crippen LogP contribution < -0.4 is 5.73 Å². The Morgan fingerprint density at radius 1 is 1.47 bits per heavy atom. The molecule has 0 amide bonds. The lowest BCUT2D eigenvalue weighted by Crippen LogP contribution is -2.10. The molecule has 0 aliphatic carbocycles. The standard InChI is InChI=1S/C12H13FN4O2/c1-2-19-12(18)9-6-16-17(11(9)14)7-8-3-4-10(13)15-5-8/h3-6H,2,7,14H2,1H3. The van der Waals surface area contributed by atoms with E-state index in [1.165, 1.54) is 23.1 Å². The first-order chi connectivity index (χ1) is 9.11. The fourth-order valence-corrected chi connectivity index (χ4v) is 1.56. The SMILES string of the molecule is CCOC(=O)c1cnn(Cc2ccc(F)nc2)c1N. The monoisotopic (exact) mass is 264 g/mol. The molecule has 0 unspecified atom stereocenters. The molecule has 2 aromatic rings. The van der Waals surface area contributed by atoms with Crippen LogP contribution in [0.3, 0.4) is 0 Å². The van der Waals surface area contributed by atoms with Crippen LogP contribution in [0.2, 0.25) is 0 Å². The van der Waals surface area contributed by atoms with Crippen LogP contribution in [0.25, 0.3) is 0 Å². The molecular weight excluding hydrogens is 251 g/mol. The number of rotatable bonds is 4. The van der Waals surface area contributed by atoms with Gasteiger partial charge in [0.2, 0.25) is 5.95 Å².